The molecule has 1 atom stereocenters. The molecule has 2 heteroatoms. The zero-order valence-corrected chi connectivity index (χ0v) is 8.03. The molecular weight excluding hydrogens is 164 g/mol. The molecular formula is C11H16O2. The van der Waals surface area contributed by atoms with Crippen LogP contribution in [0.15, 0.2) is 24.3 Å². The predicted molar refractivity (Wildman–Crippen MR) is 52.3 cm³/mol. The molecule has 0 saturated carbocycles. The summed E-state index contributed by atoms with van der Waals surface area (Å²) in [5, 5.41) is 0. The van der Waals surface area contributed by atoms with Crippen molar-refractivity contribution in [3.63, 3.8) is 0 Å². The number of allylic oxidation sites excluding steroid dienone is 2. The maximum absolute atomic E-state index is 10.7. The molecule has 1 aliphatic heterocycles. The van der Waals surface area contributed by atoms with E-state index in [1.807, 2.05) is 6.08 Å². The van der Waals surface area contributed by atoms with E-state index in [1.165, 1.54) is 6.08 Å². The normalized spacial score (nSPS) is 22.2. The lowest BCUT2D eigenvalue weighted by Gasteiger charge is -2.15. The summed E-state index contributed by atoms with van der Waals surface area (Å²) >= 11 is 0. The summed E-state index contributed by atoms with van der Waals surface area (Å²) in [6.07, 6.45) is 11.1. The van der Waals surface area contributed by atoms with Gasteiger partial charge in [-0.1, -0.05) is 25.2 Å². The van der Waals surface area contributed by atoms with Crippen LogP contribution in [-0.2, 0) is 9.53 Å². The first kappa shape index (κ1) is 10.0. The third-order valence-electron chi connectivity index (χ3n) is 2.05. The third kappa shape index (κ3) is 3.92. The minimum absolute atomic E-state index is 0.208. The van der Waals surface area contributed by atoms with Gasteiger partial charge in [0.05, 0.1) is 6.61 Å². The van der Waals surface area contributed by atoms with Crippen LogP contribution >= 0.6 is 0 Å². The monoisotopic (exact) mass is 180 g/mol. The lowest BCUT2D eigenvalue weighted by molar-refractivity contribution is -0.139. The standard InChI is InChI=1S/C11H16O2/c1-2-3-4-5-6-10-7-8-11(12)13-9-10/h3-4,7-8,10H,2,5-6,9H2,1H3/b4-3+. The summed E-state index contributed by atoms with van der Waals surface area (Å²) in [4.78, 5) is 10.7. The van der Waals surface area contributed by atoms with Crippen LogP contribution in [0.2, 0.25) is 0 Å². The molecule has 0 bridgehead atoms. The molecule has 0 N–H and O–H groups in total. The fourth-order valence-electron chi connectivity index (χ4n) is 1.28. The van der Waals surface area contributed by atoms with Crippen LogP contribution in [0.3, 0.4) is 0 Å². The van der Waals surface area contributed by atoms with Crippen molar-refractivity contribution in [2.75, 3.05) is 6.61 Å². The van der Waals surface area contributed by atoms with Gasteiger partial charge in [-0.3, -0.25) is 0 Å². The van der Waals surface area contributed by atoms with Crippen molar-refractivity contribution in [1.29, 1.82) is 0 Å². The summed E-state index contributed by atoms with van der Waals surface area (Å²) in [5.74, 6) is 0.208. The molecule has 0 aromatic heterocycles. The van der Waals surface area contributed by atoms with Gasteiger partial charge in [0, 0.05) is 12.0 Å². The van der Waals surface area contributed by atoms with Gasteiger partial charge in [-0.05, 0) is 19.3 Å². The van der Waals surface area contributed by atoms with Gasteiger partial charge in [-0.2, -0.15) is 0 Å². The van der Waals surface area contributed by atoms with E-state index in [-0.39, 0.29) is 5.97 Å². The summed E-state index contributed by atoms with van der Waals surface area (Å²) < 4.78 is 4.90. The molecule has 2 nitrogen and oxygen atoms in total. The number of rotatable bonds is 4. The van der Waals surface area contributed by atoms with Crippen molar-refractivity contribution in [2.24, 2.45) is 5.92 Å². The third-order valence-corrected chi connectivity index (χ3v) is 2.05. The molecule has 1 rings (SSSR count). The van der Waals surface area contributed by atoms with Crippen LogP contribution < -0.4 is 0 Å². The number of ether oxygens (including phenoxy) is 1. The van der Waals surface area contributed by atoms with Gasteiger partial charge < -0.3 is 4.74 Å². The van der Waals surface area contributed by atoms with E-state index < -0.39 is 0 Å². The topological polar surface area (TPSA) is 26.3 Å². The first-order valence-electron chi connectivity index (χ1n) is 4.83. The van der Waals surface area contributed by atoms with E-state index in [0.29, 0.717) is 12.5 Å². The average Bonchev–Trinajstić information content (AvgIpc) is 2.15. The Balaban J connectivity index is 2.19. The number of cyclic esters (lactones) is 1. The Hall–Kier alpha value is -1.05. The predicted octanol–water partition coefficient (Wildman–Crippen LogP) is 2.46. The molecule has 1 aliphatic rings. The first-order valence-corrected chi connectivity index (χ1v) is 4.83. The number of carbonyl (C=O) groups excluding carboxylic acids is 1. The second kappa shape index (κ2) is 5.57. The highest BCUT2D eigenvalue weighted by atomic mass is 16.5. The van der Waals surface area contributed by atoms with E-state index in [2.05, 4.69) is 19.1 Å². The van der Waals surface area contributed by atoms with Crippen molar-refractivity contribution < 1.29 is 9.53 Å². The summed E-state index contributed by atoms with van der Waals surface area (Å²) in [7, 11) is 0. The van der Waals surface area contributed by atoms with E-state index >= 15 is 0 Å². The van der Waals surface area contributed by atoms with Crippen LogP contribution in [0, 0.1) is 5.92 Å². The summed E-state index contributed by atoms with van der Waals surface area (Å²) in [6, 6.07) is 0. The molecule has 0 fully saturated rings. The Morgan fingerprint density at radius 3 is 3.08 bits per heavy atom. The van der Waals surface area contributed by atoms with Crippen LogP contribution in [0.25, 0.3) is 0 Å². The fourth-order valence-corrected chi connectivity index (χ4v) is 1.28. The Morgan fingerprint density at radius 2 is 2.46 bits per heavy atom. The largest absolute Gasteiger partial charge is 0.462 e. The molecule has 13 heavy (non-hydrogen) atoms. The number of hydrogen-bond acceptors (Lipinski definition) is 2. The van der Waals surface area contributed by atoms with Crippen LogP contribution in [-0.4, -0.2) is 12.6 Å². The van der Waals surface area contributed by atoms with Crippen molar-refractivity contribution in [1.82, 2.24) is 0 Å². The van der Waals surface area contributed by atoms with Crippen molar-refractivity contribution in [3.8, 4) is 0 Å². The Morgan fingerprint density at radius 1 is 1.62 bits per heavy atom. The smallest absolute Gasteiger partial charge is 0.330 e. The highest BCUT2D eigenvalue weighted by Gasteiger charge is 2.12. The van der Waals surface area contributed by atoms with Crippen molar-refractivity contribution in [3.05, 3.63) is 24.3 Å². The van der Waals surface area contributed by atoms with Crippen molar-refractivity contribution >= 4 is 5.97 Å². The lowest BCUT2D eigenvalue weighted by Crippen LogP contribution is -2.16. The molecule has 72 valence electrons. The number of carbonyl (C=O) groups is 1. The second-order valence-corrected chi connectivity index (χ2v) is 3.21. The van der Waals surface area contributed by atoms with Crippen LogP contribution in [0.1, 0.15) is 26.2 Å². The Labute approximate surface area is 79.3 Å². The zero-order chi connectivity index (χ0) is 9.52. The lowest BCUT2D eigenvalue weighted by atomic mass is 10.0. The van der Waals surface area contributed by atoms with Gasteiger partial charge in [0.1, 0.15) is 0 Å². The second-order valence-electron chi connectivity index (χ2n) is 3.21. The Bertz CT molecular complexity index is 216. The molecule has 0 saturated heterocycles. The zero-order valence-electron chi connectivity index (χ0n) is 8.03. The van der Waals surface area contributed by atoms with E-state index in [4.69, 9.17) is 4.74 Å². The van der Waals surface area contributed by atoms with Gasteiger partial charge in [-0.25, -0.2) is 4.79 Å². The van der Waals surface area contributed by atoms with E-state index in [0.717, 1.165) is 19.3 Å². The SMILES string of the molecule is CC/C=C/CCC1C=CC(=O)OC1. The maximum Gasteiger partial charge on any atom is 0.330 e. The molecule has 0 aromatic rings. The van der Waals surface area contributed by atoms with Gasteiger partial charge in [0.2, 0.25) is 0 Å². The summed E-state index contributed by atoms with van der Waals surface area (Å²) in [6.45, 7) is 2.67. The molecule has 0 aliphatic carbocycles. The minimum Gasteiger partial charge on any atom is -0.462 e. The quantitative estimate of drug-likeness (QED) is 0.490. The summed E-state index contributed by atoms with van der Waals surface area (Å²) in [5.41, 5.74) is 0. The number of esters is 1. The molecule has 0 amide bonds. The average molecular weight is 180 g/mol. The van der Waals surface area contributed by atoms with Crippen LogP contribution in [0.4, 0.5) is 0 Å². The van der Waals surface area contributed by atoms with Gasteiger partial charge in [0.25, 0.3) is 0 Å². The van der Waals surface area contributed by atoms with E-state index in [1.54, 1.807) is 0 Å². The van der Waals surface area contributed by atoms with Crippen LogP contribution in [0.5, 0.6) is 0 Å². The highest BCUT2D eigenvalue weighted by Crippen LogP contribution is 2.13. The molecule has 0 radical (unpaired) electrons. The number of hydrogen-bond donors (Lipinski definition) is 0. The highest BCUT2D eigenvalue weighted by molar-refractivity contribution is 5.82. The van der Waals surface area contributed by atoms with Gasteiger partial charge in [0.15, 0.2) is 0 Å². The minimum atomic E-state index is -0.208. The molecule has 1 heterocycles. The van der Waals surface area contributed by atoms with Gasteiger partial charge >= 0.3 is 5.97 Å². The first-order chi connectivity index (χ1) is 6.33. The molecule has 1 unspecified atom stereocenters. The fraction of sp³-hybridized carbons (Fsp3) is 0.545. The van der Waals surface area contributed by atoms with E-state index in [9.17, 15) is 4.79 Å². The van der Waals surface area contributed by atoms with Gasteiger partial charge in [-0.15, -0.1) is 0 Å². The molecule has 0 spiro atoms. The maximum atomic E-state index is 10.7. The van der Waals surface area contributed by atoms with Crippen molar-refractivity contribution in [2.45, 2.75) is 26.2 Å². The molecule has 0 aromatic carbocycles. The Kier molecular flexibility index (Phi) is 4.30.